The molecule has 0 aromatic heterocycles. The van der Waals surface area contributed by atoms with Gasteiger partial charge in [0.05, 0.1) is 11.7 Å². The number of ether oxygens (including phenoxy) is 1. The van der Waals surface area contributed by atoms with Crippen molar-refractivity contribution in [1.29, 1.82) is 0 Å². The molecule has 0 radical (unpaired) electrons. The summed E-state index contributed by atoms with van der Waals surface area (Å²) in [5.41, 5.74) is 0.483. The second kappa shape index (κ2) is 10.5. The maximum atomic E-state index is 13.6. The van der Waals surface area contributed by atoms with Crippen molar-refractivity contribution in [3.05, 3.63) is 36.4 Å². The van der Waals surface area contributed by atoms with Crippen molar-refractivity contribution >= 4 is 30.0 Å². The molecule has 0 amide bonds. The fourth-order valence-electron chi connectivity index (χ4n) is 9.73. The highest BCUT2D eigenvalue weighted by Gasteiger charge is 2.68. The lowest BCUT2D eigenvalue weighted by Gasteiger charge is -2.61. The lowest BCUT2D eigenvalue weighted by Crippen LogP contribution is -2.63. The number of carbonyl (C=O) groups is 2. The number of fused-ring (bicyclic) bond motifs is 2. The Balaban J connectivity index is 1.24. The lowest BCUT2D eigenvalue weighted by atomic mass is 9.44. The SMILES string of the molecule is C=C[C@]1(C)C[C@@H](OC(=O)CNc2ccc3c(c2)B(O)OC32CCNCC2)[C@@]2(C)[C@@H]3C(=O)CC[C@@]3(CC[C@@H]2C)[C@@H](C)[C@@H]1O. The third-order valence-electron chi connectivity index (χ3n) is 12.6. The van der Waals surface area contributed by atoms with E-state index < -0.39 is 41.7 Å². The summed E-state index contributed by atoms with van der Waals surface area (Å²) in [5.74, 6) is -0.295. The Labute approximate surface area is 250 Å². The van der Waals surface area contributed by atoms with E-state index in [0.29, 0.717) is 18.5 Å². The van der Waals surface area contributed by atoms with Gasteiger partial charge in [-0.1, -0.05) is 39.8 Å². The number of nitrogens with one attached hydrogen (secondary N) is 2. The van der Waals surface area contributed by atoms with Gasteiger partial charge >= 0.3 is 13.1 Å². The topological polar surface area (TPSA) is 117 Å². The van der Waals surface area contributed by atoms with E-state index in [1.54, 1.807) is 0 Å². The number of aliphatic hydroxyl groups excluding tert-OH is 1. The number of carbonyl (C=O) groups excluding carboxylic acids is 2. The van der Waals surface area contributed by atoms with E-state index in [1.807, 2.05) is 31.2 Å². The van der Waals surface area contributed by atoms with Crippen molar-refractivity contribution in [1.82, 2.24) is 5.32 Å². The molecule has 9 heteroatoms. The zero-order valence-electron chi connectivity index (χ0n) is 25.6. The zero-order chi connectivity index (χ0) is 30.1. The van der Waals surface area contributed by atoms with Crippen LogP contribution in [0.1, 0.15) is 78.2 Å². The first kappa shape index (κ1) is 29.9. The summed E-state index contributed by atoms with van der Waals surface area (Å²) in [7, 11) is -0.996. The summed E-state index contributed by atoms with van der Waals surface area (Å²) in [6.07, 6.45) is 5.72. The summed E-state index contributed by atoms with van der Waals surface area (Å²) < 4.78 is 12.4. The Kier molecular flexibility index (Phi) is 7.44. The van der Waals surface area contributed by atoms with E-state index in [4.69, 9.17) is 9.39 Å². The molecule has 8 nitrogen and oxygen atoms in total. The molecule has 6 rings (SSSR count). The van der Waals surface area contributed by atoms with Crippen molar-refractivity contribution in [2.45, 2.75) is 90.4 Å². The van der Waals surface area contributed by atoms with Gasteiger partial charge in [0, 0.05) is 28.9 Å². The first-order valence-corrected chi connectivity index (χ1v) is 15.9. The van der Waals surface area contributed by atoms with Gasteiger partial charge in [0.15, 0.2) is 0 Å². The van der Waals surface area contributed by atoms with Gasteiger partial charge in [0.25, 0.3) is 0 Å². The van der Waals surface area contributed by atoms with Gasteiger partial charge in [-0.25, -0.2) is 0 Å². The Bertz CT molecular complexity index is 1270. The molecule has 2 aliphatic heterocycles. The molecule has 1 saturated heterocycles. The van der Waals surface area contributed by atoms with Gasteiger partial charge in [0.1, 0.15) is 18.4 Å². The van der Waals surface area contributed by atoms with Crippen LogP contribution in [0.5, 0.6) is 0 Å². The highest BCUT2D eigenvalue weighted by atomic mass is 16.5. The largest absolute Gasteiger partial charge is 0.492 e. The van der Waals surface area contributed by atoms with Crippen molar-refractivity contribution < 1.29 is 29.1 Å². The molecule has 3 aliphatic carbocycles. The highest BCUT2D eigenvalue weighted by molar-refractivity contribution is 6.62. The number of benzene rings is 1. The van der Waals surface area contributed by atoms with Crippen LogP contribution in [0.3, 0.4) is 0 Å². The Morgan fingerprint density at radius 2 is 1.98 bits per heavy atom. The molecule has 42 heavy (non-hydrogen) atoms. The van der Waals surface area contributed by atoms with Gasteiger partial charge in [0.2, 0.25) is 0 Å². The summed E-state index contributed by atoms with van der Waals surface area (Å²) >= 11 is 0. The molecular formula is C33H47BN2O6. The summed E-state index contributed by atoms with van der Waals surface area (Å²) in [6.45, 7) is 14.2. The molecular weight excluding hydrogens is 531 g/mol. The minimum absolute atomic E-state index is 0.0563. The predicted octanol–water partition coefficient (Wildman–Crippen LogP) is 3.30. The molecule has 1 aromatic carbocycles. The maximum absolute atomic E-state index is 13.6. The van der Waals surface area contributed by atoms with Crippen LogP contribution in [0.25, 0.3) is 0 Å². The number of ketones is 1. The minimum atomic E-state index is -0.996. The first-order valence-electron chi connectivity index (χ1n) is 15.9. The smallest absolute Gasteiger partial charge is 0.460 e. The lowest BCUT2D eigenvalue weighted by molar-refractivity contribution is -0.205. The van der Waals surface area contributed by atoms with E-state index >= 15 is 0 Å². The van der Waals surface area contributed by atoms with E-state index in [0.717, 1.165) is 56.2 Å². The number of esters is 1. The summed E-state index contributed by atoms with van der Waals surface area (Å²) in [4.78, 5) is 27.1. The van der Waals surface area contributed by atoms with Gasteiger partial charge in [-0.2, -0.15) is 0 Å². The molecule has 4 fully saturated rings. The number of aliphatic hydroxyl groups is 1. The molecule has 4 N–H and O–H groups in total. The molecule has 1 aromatic rings. The fourth-order valence-corrected chi connectivity index (χ4v) is 9.73. The quantitative estimate of drug-likeness (QED) is 0.239. The second-order valence-electron chi connectivity index (χ2n) is 14.4. The average Bonchev–Trinajstić information content (AvgIpc) is 3.47. The maximum Gasteiger partial charge on any atom is 0.492 e. The average molecular weight is 579 g/mol. The predicted molar refractivity (Wildman–Crippen MR) is 162 cm³/mol. The number of Topliss-reactive ketones (excluding diaryl/α,β-unsaturated/α-hetero) is 1. The third-order valence-corrected chi connectivity index (χ3v) is 12.6. The number of hydrogen-bond acceptors (Lipinski definition) is 8. The molecule has 5 aliphatic rings. The Morgan fingerprint density at radius 1 is 1.24 bits per heavy atom. The van der Waals surface area contributed by atoms with Crippen LogP contribution in [-0.4, -0.2) is 60.8 Å². The molecule has 0 unspecified atom stereocenters. The van der Waals surface area contributed by atoms with Gasteiger partial charge in [-0.3, -0.25) is 9.59 Å². The monoisotopic (exact) mass is 578 g/mol. The molecule has 2 heterocycles. The van der Waals surface area contributed by atoms with Crippen molar-refractivity contribution in [2.75, 3.05) is 25.0 Å². The fraction of sp³-hybridized carbons (Fsp3) is 0.697. The van der Waals surface area contributed by atoms with Gasteiger partial charge in [-0.05, 0) is 92.0 Å². The van der Waals surface area contributed by atoms with Crippen LogP contribution in [0, 0.1) is 34.0 Å². The van der Waals surface area contributed by atoms with E-state index in [9.17, 15) is 19.7 Å². The molecule has 3 saturated carbocycles. The van der Waals surface area contributed by atoms with Gasteiger partial charge in [-0.15, -0.1) is 6.58 Å². The normalized spacial score (nSPS) is 40.6. The number of piperidine rings is 1. The zero-order valence-corrected chi connectivity index (χ0v) is 25.6. The molecule has 228 valence electrons. The van der Waals surface area contributed by atoms with Gasteiger partial charge < -0.3 is 30.2 Å². The standard InChI is InChI=1S/C33H47BN2O6/c1-6-30(4)18-26(31(5)20(2)9-11-32(21(3)29(30)39)12-10-25(37)28(31)32)41-27(38)19-36-22-7-8-23-24(17-22)34(40)42-33(23)13-15-35-16-14-33/h6-8,17,20-21,26,28-29,35-36,39-40H,1,9-16,18-19H2,2-5H3/t20-,21-,26+,28-,29-,30+,31-,32-/m0/s1. The van der Waals surface area contributed by atoms with Crippen molar-refractivity contribution in [3.63, 3.8) is 0 Å². The van der Waals surface area contributed by atoms with Crippen molar-refractivity contribution in [2.24, 2.45) is 34.0 Å². The number of rotatable bonds is 5. The molecule has 8 atom stereocenters. The van der Waals surface area contributed by atoms with Crippen LogP contribution in [0.2, 0.25) is 0 Å². The summed E-state index contributed by atoms with van der Waals surface area (Å²) in [6, 6.07) is 5.78. The number of hydrogen-bond donors (Lipinski definition) is 4. The Morgan fingerprint density at radius 3 is 2.69 bits per heavy atom. The van der Waals surface area contributed by atoms with Crippen LogP contribution in [-0.2, 0) is 24.6 Å². The highest BCUT2D eigenvalue weighted by Crippen LogP contribution is 2.68. The second-order valence-corrected chi connectivity index (χ2v) is 14.4. The van der Waals surface area contributed by atoms with Crippen LogP contribution in [0.15, 0.2) is 30.9 Å². The first-order chi connectivity index (χ1) is 19.9. The van der Waals surface area contributed by atoms with E-state index in [-0.39, 0.29) is 35.5 Å². The van der Waals surface area contributed by atoms with E-state index in [1.165, 1.54) is 0 Å². The van der Waals surface area contributed by atoms with Crippen molar-refractivity contribution in [3.8, 4) is 0 Å². The Hall–Kier alpha value is -2.20. The third kappa shape index (κ3) is 4.33. The molecule has 1 spiro atoms. The summed E-state index contributed by atoms with van der Waals surface area (Å²) in [5, 5.41) is 29.0. The van der Waals surface area contributed by atoms with E-state index in [2.05, 4.69) is 38.0 Å². The minimum Gasteiger partial charge on any atom is -0.460 e. The van der Waals surface area contributed by atoms with Crippen LogP contribution >= 0.6 is 0 Å². The van der Waals surface area contributed by atoms with Crippen LogP contribution < -0.4 is 16.1 Å². The van der Waals surface area contributed by atoms with Crippen LogP contribution in [0.4, 0.5) is 5.69 Å². The number of anilines is 1. The molecule has 2 bridgehead atoms.